The van der Waals surface area contributed by atoms with Crippen molar-refractivity contribution in [3.8, 4) is 11.8 Å². The van der Waals surface area contributed by atoms with Crippen molar-refractivity contribution < 1.29 is 23.2 Å². The number of rotatable bonds is 2. The van der Waals surface area contributed by atoms with Crippen molar-refractivity contribution in [3.05, 3.63) is 52.6 Å². The van der Waals surface area contributed by atoms with Crippen molar-refractivity contribution in [3.63, 3.8) is 0 Å². The third-order valence-electron chi connectivity index (χ3n) is 8.81. The number of carbonyl (C=O) groups excluding carboxylic acids is 1. The van der Waals surface area contributed by atoms with Crippen LogP contribution in [0, 0.1) is 29.1 Å². The number of aliphatic hydroxyl groups is 2. The van der Waals surface area contributed by atoms with E-state index in [1.807, 2.05) is 0 Å². The summed E-state index contributed by atoms with van der Waals surface area (Å²) < 4.78 is 46.7. The molecule has 0 aliphatic heterocycles. The fourth-order valence-electron chi connectivity index (χ4n) is 7.21. The summed E-state index contributed by atoms with van der Waals surface area (Å²) in [6, 6.07) is 6.72. The molecule has 2 N–H and O–H groups in total. The molecule has 4 aliphatic rings. The minimum absolute atomic E-state index is 0.0894. The maximum atomic E-state index is 12.2. The molecular formula is C29H35NO3. The summed E-state index contributed by atoms with van der Waals surface area (Å²) in [5.74, 6) is 6.14. The highest BCUT2D eigenvalue weighted by atomic mass is 16.3. The number of allylic oxidation sites excluding steroid dienone is 4. The van der Waals surface area contributed by atoms with Gasteiger partial charge in [0, 0.05) is 45.6 Å². The Morgan fingerprint density at radius 1 is 1.18 bits per heavy atom. The fourth-order valence-corrected chi connectivity index (χ4v) is 7.21. The van der Waals surface area contributed by atoms with Gasteiger partial charge in [0.25, 0.3) is 0 Å². The van der Waals surface area contributed by atoms with E-state index in [9.17, 15) is 15.0 Å². The lowest BCUT2D eigenvalue weighted by molar-refractivity contribution is -0.114. The van der Waals surface area contributed by atoms with Crippen LogP contribution in [-0.2, 0) is 4.79 Å². The second-order valence-electron chi connectivity index (χ2n) is 10.3. The van der Waals surface area contributed by atoms with E-state index in [1.54, 1.807) is 30.3 Å². The number of aliphatic hydroxyl groups excluding tert-OH is 1. The molecule has 174 valence electrons. The maximum Gasteiger partial charge on any atom is 0.156 e. The number of hydrogen-bond acceptors (Lipinski definition) is 4. The molecule has 1 aromatic carbocycles. The molecule has 2 fully saturated rings. The molecule has 5 rings (SSSR count). The smallest absolute Gasteiger partial charge is 0.156 e. The Morgan fingerprint density at radius 2 is 1.97 bits per heavy atom. The highest BCUT2D eigenvalue weighted by molar-refractivity contribution is 5.93. The zero-order valence-corrected chi connectivity index (χ0v) is 19.0. The van der Waals surface area contributed by atoms with Crippen molar-refractivity contribution in [1.82, 2.24) is 0 Å². The molecule has 0 spiro atoms. The van der Waals surface area contributed by atoms with Crippen LogP contribution in [0.15, 0.2) is 47.1 Å². The number of ketones is 1. The van der Waals surface area contributed by atoms with E-state index in [1.165, 1.54) is 11.1 Å². The number of benzene rings is 1. The van der Waals surface area contributed by atoms with Crippen LogP contribution < -0.4 is 4.90 Å². The van der Waals surface area contributed by atoms with E-state index in [4.69, 9.17) is 8.22 Å². The summed E-state index contributed by atoms with van der Waals surface area (Å²) in [4.78, 5) is 12.7. The van der Waals surface area contributed by atoms with Gasteiger partial charge in [-0.3, -0.25) is 4.79 Å². The minimum atomic E-state index is -2.84. The lowest BCUT2D eigenvalue weighted by atomic mass is 9.51. The van der Waals surface area contributed by atoms with Gasteiger partial charge in [0.15, 0.2) is 5.78 Å². The topological polar surface area (TPSA) is 60.8 Å². The van der Waals surface area contributed by atoms with E-state index < -0.39 is 25.0 Å². The molecule has 33 heavy (non-hydrogen) atoms. The van der Waals surface area contributed by atoms with E-state index in [0.29, 0.717) is 30.6 Å². The minimum Gasteiger partial charge on any atom is -0.384 e. The average Bonchev–Trinajstić information content (AvgIpc) is 3.11. The van der Waals surface area contributed by atoms with Crippen LogP contribution in [0.25, 0.3) is 0 Å². The van der Waals surface area contributed by atoms with Gasteiger partial charge in [-0.25, -0.2) is 0 Å². The normalized spacial score (nSPS) is 38.6. The largest absolute Gasteiger partial charge is 0.384 e. The van der Waals surface area contributed by atoms with E-state index in [0.717, 1.165) is 30.4 Å². The molecule has 0 aromatic heterocycles. The van der Waals surface area contributed by atoms with Crippen LogP contribution in [0.3, 0.4) is 0 Å². The monoisotopic (exact) mass is 451 g/mol. The first kappa shape index (κ1) is 16.3. The molecule has 4 heteroatoms. The Hall–Kier alpha value is -2.35. The number of nitrogens with zero attached hydrogens (tertiary/aromatic N) is 1. The number of anilines is 1. The lowest BCUT2D eigenvalue weighted by Gasteiger charge is -2.53. The van der Waals surface area contributed by atoms with Gasteiger partial charge in [-0.1, -0.05) is 36.5 Å². The molecule has 0 heterocycles. The zero-order valence-electron chi connectivity index (χ0n) is 25.0. The number of fused-ring (bicyclic) bond motifs is 4. The van der Waals surface area contributed by atoms with Gasteiger partial charge < -0.3 is 15.1 Å². The highest BCUT2D eigenvalue weighted by Crippen LogP contribution is 2.66. The first-order chi connectivity index (χ1) is 18.2. The molecule has 0 bridgehead atoms. The van der Waals surface area contributed by atoms with Crippen LogP contribution in [0.1, 0.15) is 71.6 Å². The Labute approximate surface area is 205 Å². The van der Waals surface area contributed by atoms with Crippen LogP contribution in [0.4, 0.5) is 5.69 Å². The summed E-state index contributed by atoms with van der Waals surface area (Å²) >= 11 is 0. The third-order valence-corrected chi connectivity index (χ3v) is 8.81. The Bertz CT molecular complexity index is 1270. The fraction of sp³-hybridized carbons (Fsp3) is 0.552. The third kappa shape index (κ3) is 3.49. The van der Waals surface area contributed by atoms with Crippen LogP contribution in [-0.4, -0.2) is 42.2 Å². The molecule has 0 radical (unpaired) electrons. The predicted molar refractivity (Wildman–Crippen MR) is 131 cm³/mol. The second kappa shape index (κ2) is 8.15. The van der Waals surface area contributed by atoms with Crippen LogP contribution >= 0.6 is 0 Å². The molecule has 0 unspecified atom stereocenters. The second-order valence-corrected chi connectivity index (χ2v) is 10.3. The van der Waals surface area contributed by atoms with Gasteiger partial charge in [-0.2, -0.15) is 0 Å². The summed E-state index contributed by atoms with van der Waals surface area (Å²) in [6.07, 6.45) is 6.60. The highest BCUT2D eigenvalue weighted by Gasteiger charge is 2.62. The summed E-state index contributed by atoms with van der Waals surface area (Å²) in [5, 5.41) is 21.2. The van der Waals surface area contributed by atoms with Gasteiger partial charge in [0.2, 0.25) is 0 Å². The Kier molecular flexibility index (Phi) is 4.03. The average molecular weight is 452 g/mol. The lowest BCUT2D eigenvalue weighted by Crippen LogP contribution is -2.51. The van der Waals surface area contributed by atoms with Crippen molar-refractivity contribution in [1.29, 1.82) is 0 Å². The summed E-state index contributed by atoms with van der Waals surface area (Å²) in [5.41, 5.74) is 2.88. The van der Waals surface area contributed by atoms with E-state index >= 15 is 0 Å². The van der Waals surface area contributed by atoms with Crippen LogP contribution in [0.2, 0.25) is 0 Å². The van der Waals surface area contributed by atoms with Gasteiger partial charge >= 0.3 is 0 Å². The van der Waals surface area contributed by atoms with Gasteiger partial charge in [0.1, 0.15) is 12.2 Å². The van der Waals surface area contributed by atoms with Gasteiger partial charge in [-0.05, 0) is 85.3 Å². The Balaban J connectivity index is 1.63. The van der Waals surface area contributed by atoms with Crippen molar-refractivity contribution >= 4 is 11.5 Å². The number of hydrogen-bond donors (Lipinski definition) is 2. The summed E-state index contributed by atoms with van der Waals surface area (Å²) in [7, 11) is 0. The first-order valence-electron chi connectivity index (χ1n) is 14.9. The van der Waals surface area contributed by atoms with E-state index in [2.05, 4.69) is 18.8 Å². The molecular weight excluding hydrogens is 410 g/mol. The van der Waals surface area contributed by atoms with Gasteiger partial charge in [-0.15, -0.1) is 0 Å². The summed E-state index contributed by atoms with van der Waals surface area (Å²) in [6.45, 7) is -3.90. The van der Waals surface area contributed by atoms with Crippen molar-refractivity contribution in [2.75, 3.05) is 25.5 Å². The Morgan fingerprint density at radius 3 is 2.70 bits per heavy atom. The van der Waals surface area contributed by atoms with E-state index in [-0.39, 0.29) is 35.8 Å². The molecule has 5 atom stereocenters. The first-order valence-corrected chi connectivity index (χ1v) is 11.9. The quantitative estimate of drug-likeness (QED) is 0.655. The molecule has 2 saturated carbocycles. The molecule has 4 aliphatic carbocycles. The van der Waals surface area contributed by atoms with Crippen molar-refractivity contribution in [2.24, 2.45) is 17.3 Å². The van der Waals surface area contributed by atoms with Crippen molar-refractivity contribution in [2.45, 2.75) is 63.4 Å². The standard InChI is InChI=1S/C29H35NO3/c1-28-18-25(19-5-8-21(9-6-19)30(2)3)27-23-12-10-22(32)17-20(23)7-11-24(27)26(28)13-15-29(28,33)14-4-16-31/h5-6,8-9,17,24-26,31,33H,7,10-13,15-16,18H2,1-3H3/t24-,25+,26-,28-,29-/m1/s1/i2D3,3D3. The molecule has 4 nitrogen and oxygen atoms in total. The maximum absolute atomic E-state index is 12.2. The van der Waals surface area contributed by atoms with Crippen LogP contribution in [0.5, 0.6) is 0 Å². The van der Waals surface area contributed by atoms with Gasteiger partial charge in [0.05, 0.1) is 0 Å². The predicted octanol–water partition coefficient (Wildman–Crippen LogP) is 4.38. The zero-order chi connectivity index (χ0) is 28.4. The molecule has 0 saturated heterocycles. The SMILES string of the molecule is [2H]C([2H])([2H])N(c1ccc([C@@H]2C[C@]3(C)[C@H](CC[C@]3(O)C#CCO)[C@H]3CCC4=CC(=O)CCC4=C23)cc1)C([2H])([2H])[2H]. The molecule has 1 aromatic rings. The molecule has 0 amide bonds. The number of carbonyl (C=O) groups is 1.